The largest absolute Gasteiger partial charge is 0.790 e. The third kappa shape index (κ3) is 6150. The molecule has 0 radical (unpaired) electrons. The average molecular weight is 106 g/mol. The second-order valence-electron chi connectivity index (χ2n) is 2.68. The smallest absolute Gasteiger partial charge is 0.0675 e. The highest BCUT2D eigenvalue weighted by Crippen LogP contribution is 1.73. The van der Waals surface area contributed by atoms with Gasteiger partial charge in [0, 0.05) is 0 Å². The fourth-order valence-electron chi connectivity index (χ4n) is 0. The zero-order valence-corrected chi connectivity index (χ0v) is 5.43. The predicted molar refractivity (Wildman–Crippen MR) is 31.5 cm³/mol. The molecule has 0 aliphatic rings. The summed E-state index contributed by atoms with van der Waals surface area (Å²) in [7, 11) is 8.50. The Bertz CT molecular complexity index is 25.2. The van der Waals surface area contributed by atoms with Crippen molar-refractivity contribution in [2.24, 2.45) is 5.90 Å². The lowest BCUT2D eigenvalue weighted by molar-refractivity contribution is -0.849. The van der Waals surface area contributed by atoms with Crippen LogP contribution >= 0.6 is 0 Å². The fourth-order valence-corrected chi connectivity index (χ4v) is 0. The Morgan fingerprint density at radius 1 is 1.00 bits per heavy atom. The van der Waals surface area contributed by atoms with Gasteiger partial charge < -0.3 is 15.6 Å². The zero-order valence-electron chi connectivity index (χ0n) is 5.43. The first-order valence-electron chi connectivity index (χ1n) is 2.02. The summed E-state index contributed by atoms with van der Waals surface area (Å²) in [5, 5.41) is 7.75. The van der Waals surface area contributed by atoms with E-state index in [1.54, 1.807) is 0 Å². The molecular weight excluding hydrogens is 92.1 g/mol. The summed E-state index contributed by atoms with van der Waals surface area (Å²) in [5.41, 5.74) is 0. The van der Waals surface area contributed by atoms with Crippen LogP contribution in [0.3, 0.4) is 0 Å². The molecule has 0 aromatic heterocycles. The van der Waals surface area contributed by atoms with Crippen molar-refractivity contribution in [2.75, 3.05) is 28.2 Å². The molecule has 0 aromatic carbocycles. The van der Waals surface area contributed by atoms with E-state index in [0.29, 0.717) is 0 Å². The molecule has 3 nitrogen and oxygen atoms in total. The lowest BCUT2D eigenvalue weighted by Crippen LogP contribution is -2.27. The topological polar surface area (TPSA) is 49.1 Å². The van der Waals surface area contributed by atoms with E-state index < -0.39 is 0 Å². The highest BCUT2D eigenvalue weighted by Gasteiger charge is 1.88. The summed E-state index contributed by atoms with van der Waals surface area (Å²) in [6.07, 6.45) is 0. The molecule has 0 saturated carbocycles. The molecule has 3 heteroatoms. The summed E-state index contributed by atoms with van der Waals surface area (Å²) in [4.78, 5) is 0. The Kier molecular flexibility index (Phi) is 5.78. The van der Waals surface area contributed by atoms with E-state index in [-0.39, 0.29) is 0 Å². The van der Waals surface area contributed by atoms with Gasteiger partial charge in [0.2, 0.25) is 0 Å². The van der Waals surface area contributed by atoms with Crippen molar-refractivity contribution >= 4 is 0 Å². The molecule has 0 rings (SSSR count). The monoisotopic (exact) mass is 106 g/mol. The Labute approximate surface area is 44.9 Å². The minimum atomic E-state index is 1.00. The van der Waals surface area contributed by atoms with Crippen LogP contribution in [0.15, 0.2) is 0 Å². The van der Waals surface area contributed by atoms with Crippen molar-refractivity contribution in [1.29, 1.82) is 0 Å². The number of nitrogens with two attached hydrogens (primary N) is 1. The van der Waals surface area contributed by atoms with Crippen LogP contribution in [0.2, 0.25) is 0 Å². The molecule has 0 spiro atoms. The van der Waals surface area contributed by atoms with Gasteiger partial charge in [-0.15, -0.1) is 0 Å². The van der Waals surface area contributed by atoms with Gasteiger partial charge in [-0.25, -0.2) is 0 Å². The van der Waals surface area contributed by atoms with E-state index in [2.05, 4.69) is 34.1 Å². The molecule has 7 heavy (non-hydrogen) atoms. The van der Waals surface area contributed by atoms with Gasteiger partial charge in [0.15, 0.2) is 0 Å². The first kappa shape index (κ1) is 9.99. The van der Waals surface area contributed by atoms with Crippen LogP contribution in [0.4, 0.5) is 0 Å². The molecule has 0 aliphatic carbocycles. The molecule has 0 amide bonds. The first-order valence-corrected chi connectivity index (χ1v) is 2.02. The van der Waals surface area contributed by atoms with E-state index in [1.807, 2.05) is 0 Å². The highest BCUT2D eigenvalue weighted by atomic mass is 16.4. The Hall–Kier alpha value is -0.120. The van der Waals surface area contributed by atoms with Crippen LogP contribution in [0.5, 0.6) is 0 Å². The van der Waals surface area contributed by atoms with Crippen molar-refractivity contribution in [1.82, 2.24) is 0 Å². The van der Waals surface area contributed by atoms with Crippen molar-refractivity contribution in [3.8, 4) is 0 Å². The van der Waals surface area contributed by atoms with E-state index in [0.717, 1.165) is 4.48 Å². The molecule has 0 fully saturated rings. The molecule has 46 valence electrons. The number of hydrogen-bond donors (Lipinski definition) is 1. The molecule has 0 aromatic rings. The average Bonchev–Trinajstić information content (AvgIpc) is 1.36. The van der Waals surface area contributed by atoms with Gasteiger partial charge in [-0.05, 0) is 0 Å². The van der Waals surface area contributed by atoms with Crippen molar-refractivity contribution in [3.63, 3.8) is 0 Å². The van der Waals surface area contributed by atoms with Gasteiger partial charge in [-0.1, -0.05) is 0 Å². The minimum absolute atomic E-state index is 1.00. The molecule has 0 bridgehead atoms. The van der Waals surface area contributed by atoms with Gasteiger partial charge in [-0.2, -0.15) is 0 Å². The van der Waals surface area contributed by atoms with Crippen LogP contribution < -0.4 is 5.90 Å². The summed E-state index contributed by atoms with van der Waals surface area (Å²) in [6, 6.07) is 0. The summed E-state index contributed by atoms with van der Waals surface area (Å²) in [5.74, 6) is 3.25. The molecule has 0 saturated heterocycles. The molecule has 0 aliphatic heterocycles. The first-order chi connectivity index (χ1) is 3.00. The molecule has 0 atom stereocenters. The normalized spacial score (nSPS) is 9.43. The lowest BCUT2D eigenvalue weighted by Gasteiger charge is -2.14. The quantitative estimate of drug-likeness (QED) is 0.342. The lowest BCUT2D eigenvalue weighted by atomic mass is 10.8. The van der Waals surface area contributed by atoms with Gasteiger partial charge in [-0.3, -0.25) is 0 Å². The van der Waals surface area contributed by atoms with E-state index >= 15 is 0 Å². The predicted octanol–water partition coefficient (Wildman–Crippen LogP) is -0.235. The van der Waals surface area contributed by atoms with E-state index in [4.69, 9.17) is 5.21 Å². The van der Waals surface area contributed by atoms with Crippen LogP contribution in [-0.4, -0.2) is 32.7 Å². The fraction of sp³-hybridized carbons (Fsp3) is 1.00. The maximum atomic E-state index is 7.75. The van der Waals surface area contributed by atoms with E-state index in [1.165, 1.54) is 0 Å². The standard InChI is InChI=1S/C4H12N.H2NO/c1-5(2,3)4;1-2/h1-4H3;1H2/q+1;-1. The molecule has 2 N–H and O–H groups in total. The number of rotatable bonds is 0. The Balaban J connectivity index is 0. The van der Waals surface area contributed by atoms with Gasteiger partial charge in [0.05, 0.1) is 28.2 Å². The van der Waals surface area contributed by atoms with Crippen molar-refractivity contribution in [2.45, 2.75) is 0 Å². The number of quaternary nitrogens is 1. The Morgan fingerprint density at radius 3 is 1.00 bits per heavy atom. The zero-order chi connectivity index (χ0) is 6.50. The third-order valence-electron chi connectivity index (χ3n) is 0. The van der Waals surface area contributed by atoms with Crippen LogP contribution in [0.1, 0.15) is 0 Å². The Morgan fingerprint density at radius 2 is 1.00 bits per heavy atom. The third-order valence-corrected chi connectivity index (χ3v) is 0. The second-order valence-corrected chi connectivity index (χ2v) is 2.68. The van der Waals surface area contributed by atoms with Gasteiger partial charge in [0.1, 0.15) is 0 Å². The minimum Gasteiger partial charge on any atom is -0.790 e. The second kappa shape index (κ2) is 4.05. The summed E-state index contributed by atoms with van der Waals surface area (Å²) >= 11 is 0. The number of hydrogen-bond acceptors (Lipinski definition) is 2. The van der Waals surface area contributed by atoms with Gasteiger partial charge in [0.25, 0.3) is 0 Å². The van der Waals surface area contributed by atoms with E-state index in [9.17, 15) is 0 Å². The van der Waals surface area contributed by atoms with Crippen molar-refractivity contribution in [3.05, 3.63) is 5.21 Å². The SMILES string of the molecule is C[N+](C)(C)C.N[O-]. The maximum absolute atomic E-state index is 7.75. The van der Waals surface area contributed by atoms with Crippen molar-refractivity contribution < 1.29 is 4.48 Å². The van der Waals surface area contributed by atoms with Crippen LogP contribution in [0.25, 0.3) is 0 Å². The summed E-state index contributed by atoms with van der Waals surface area (Å²) < 4.78 is 1.00. The molecule has 0 unspecified atom stereocenters. The maximum Gasteiger partial charge on any atom is 0.0675 e. The summed E-state index contributed by atoms with van der Waals surface area (Å²) in [6.45, 7) is 0. The van der Waals surface area contributed by atoms with Gasteiger partial charge >= 0.3 is 0 Å². The molecule has 0 heterocycles. The highest BCUT2D eigenvalue weighted by molar-refractivity contribution is 3.96. The van der Waals surface area contributed by atoms with Crippen LogP contribution in [-0.2, 0) is 0 Å². The number of nitrogens with zero attached hydrogens (tertiary/aromatic N) is 1. The molecular formula is C4H14N2O. The van der Waals surface area contributed by atoms with Crippen LogP contribution in [0, 0.1) is 5.21 Å².